The van der Waals surface area contributed by atoms with Crippen LogP contribution in [-0.4, -0.2) is 25.7 Å². The molecule has 9 heteroatoms. The zero-order valence-corrected chi connectivity index (χ0v) is 18.8. The summed E-state index contributed by atoms with van der Waals surface area (Å²) in [6.45, 7) is 4.42. The molecule has 0 aliphatic carbocycles. The van der Waals surface area contributed by atoms with Gasteiger partial charge in [0, 0.05) is 41.0 Å². The first-order valence-corrected chi connectivity index (χ1v) is 11.0. The lowest BCUT2D eigenvalue weighted by molar-refractivity contribution is 0.100. The molecule has 1 amide bonds. The van der Waals surface area contributed by atoms with Crippen LogP contribution in [0.2, 0.25) is 0 Å². The predicted molar refractivity (Wildman–Crippen MR) is 124 cm³/mol. The zero-order valence-electron chi connectivity index (χ0n) is 18.0. The number of thioether (sulfide) groups is 1. The van der Waals surface area contributed by atoms with Gasteiger partial charge in [0.05, 0.1) is 0 Å². The Morgan fingerprint density at radius 1 is 1.12 bits per heavy atom. The highest BCUT2D eigenvalue weighted by Crippen LogP contribution is 2.22. The number of H-pyrrole nitrogens is 1. The Balaban J connectivity index is 1.45. The minimum Gasteiger partial charge on any atom is -0.486 e. The lowest BCUT2D eigenvalue weighted by Crippen LogP contribution is -2.12. The molecule has 0 saturated heterocycles. The van der Waals surface area contributed by atoms with E-state index in [1.165, 1.54) is 35.0 Å². The summed E-state index contributed by atoms with van der Waals surface area (Å²) in [4.78, 5) is 27.1. The van der Waals surface area contributed by atoms with Crippen molar-refractivity contribution >= 4 is 28.6 Å². The molecular formula is C23H23N5O3S. The molecule has 0 radical (unpaired) electrons. The number of primary amides is 1. The van der Waals surface area contributed by atoms with E-state index < -0.39 is 5.91 Å². The molecule has 4 aromatic rings. The maximum atomic E-state index is 12.5. The molecule has 2 aromatic heterocycles. The maximum absolute atomic E-state index is 12.5. The second kappa shape index (κ2) is 8.88. The van der Waals surface area contributed by atoms with Crippen molar-refractivity contribution in [2.24, 2.45) is 12.8 Å². The molecule has 0 unspecified atom stereocenters. The number of benzene rings is 2. The molecule has 164 valence electrons. The fourth-order valence-electron chi connectivity index (χ4n) is 3.22. The molecule has 32 heavy (non-hydrogen) atoms. The molecule has 0 saturated carbocycles. The van der Waals surface area contributed by atoms with Crippen molar-refractivity contribution in [3.05, 3.63) is 80.9 Å². The number of aryl methyl sites for hydroxylation is 2. The van der Waals surface area contributed by atoms with Gasteiger partial charge in [-0.15, -0.1) is 10.2 Å². The highest BCUT2D eigenvalue weighted by molar-refractivity contribution is 7.98. The number of ether oxygens (including phenoxy) is 1. The van der Waals surface area contributed by atoms with E-state index in [4.69, 9.17) is 10.5 Å². The average Bonchev–Trinajstić information content (AvgIpc) is 3.12. The molecule has 2 aromatic carbocycles. The van der Waals surface area contributed by atoms with Crippen molar-refractivity contribution in [2.75, 3.05) is 0 Å². The van der Waals surface area contributed by atoms with E-state index in [2.05, 4.69) is 22.1 Å². The van der Waals surface area contributed by atoms with Crippen LogP contribution >= 0.6 is 11.8 Å². The van der Waals surface area contributed by atoms with Gasteiger partial charge < -0.3 is 20.0 Å². The van der Waals surface area contributed by atoms with Gasteiger partial charge in [0.2, 0.25) is 5.91 Å². The van der Waals surface area contributed by atoms with Gasteiger partial charge in [0.25, 0.3) is 0 Å². The van der Waals surface area contributed by atoms with E-state index in [0.717, 1.165) is 11.4 Å². The van der Waals surface area contributed by atoms with Crippen LogP contribution in [0.3, 0.4) is 0 Å². The highest BCUT2D eigenvalue weighted by Gasteiger charge is 2.12. The standard InChI is InChI=1S/C23H23N5O3S/c1-13-4-6-17(8-14(13)2)31-11-21-26-27-23(28(21)3)32-12-16-10-20(29)18-9-15(22(24)30)5-7-19(18)25-16/h4-10H,11-12H2,1-3H3,(H2,24,30)(H,25,29). The molecule has 3 N–H and O–H groups in total. The molecular weight excluding hydrogens is 426 g/mol. The Bertz CT molecular complexity index is 1380. The number of fused-ring (bicyclic) bond motifs is 1. The number of amides is 1. The zero-order chi connectivity index (χ0) is 22.8. The topological polar surface area (TPSA) is 116 Å². The number of carbonyl (C=O) groups is 1. The smallest absolute Gasteiger partial charge is 0.248 e. The van der Waals surface area contributed by atoms with Crippen LogP contribution in [-0.2, 0) is 19.4 Å². The lowest BCUT2D eigenvalue weighted by atomic mass is 10.1. The molecule has 2 heterocycles. The number of pyridine rings is 1. The Morgan fingerprint density at radius 3 is 2.69 bits per heavy atom. The molecule has 0 aliphatic heterocycles. The van der Waals surface area contributed by atoms with E-state index >= 15 is 0 Å². The Kier molecular flexibility index (Phi) is 6.00. The number of hydrogen-bond donors (Lipinski definition) is 2. The van der Waals surface area contributed by atoms with Gasteiger partial charge >= 0.3 is 0 Å². The number of rotatable bonds is 7. The van der Waals surface area contributed by atoms with Gasteiger partial charge in [-0.25, -0.2) is 0 Å². The van der Waals surface area contributed by atoms with Gasteiger partial charge in [-0.3, -0.25) is 9.59 Å². The van der Waals surface area contributed by atoms with Crippen molar-refractivity contribution in [1.29, 1.82) is 0 Å². The first-order chi connectivity index (χ1) is 15.3. The van der Waals surface area contributed by atoms with E-state index in [1.54, 1.807) is 12.1 Å². The molecule has 0 atom stereocenters. The molecule has 0 spiro atoms. The number of aromatic amines is 1. The fraction of sp³-hybridized carbons (Fsp3) is 0.217. The normalized spacial score (nSPS) is 11.1. The number of carbonyl (C=O) groups excluding carboxylic acids is 1. The highest BCUT2D eigenvalue weighted by atomic mass is 32.2. The lowest BCUT2D eigenvalue weighted by Gasteiger charge is -2.08. The minimum absolute atomic E-state index is 0.169. The van der Waals surface area contributed by atoms with E-state index in [-0.39, 0.29) is 5.43 Å². The first kappa shape index (κ1) is 21.6. The van der Waals surface area contributed by atoms with E-state index in [9.17, 15) is 9.59 Å². The molecule has 0 aliphatic rings. The molecule has 8 nitrogen and oxygen atoms in total. The Morgan fingerprint density at radius 2 is 1.94 bits per heavy atom. The fourth-order valence-corrected chi connectivity index (χ4v) is 4.06. The third-order valence-electron chi connectivity index (χ3n) is 5.30. The molecule has 0 bridgehead atoms. The van der Waals surface area contributed by atoms with Crippen LogP contribution < -0.4 is 15.9 Å². The quantitative estimate of drug-likeness (QED) is 0.419. The summed E-state index contributed by atoms with van der Waals surface area (Å²) in [5, 5.41) is 9.62. The van der Waals surface area contributed by atoms with Gasteiger partial charge in [0.1, 0.15) is 12.4 Å². The summed E-state index contributed by atoms with van der Waals surface area (Å²) in [6.07, 6.45) is 0. The number of nitrogens with zero attached hydrogens (tertiary/aromatic N) is 3. The van der Waals surface area contributed by atoms with Crippen molar-refractivity contribution in [3.63, 3.8) is 0 Å². The van der Waals surface area contributed by atoms with Crippen LogP contribution in [0.15, 0.2) is 52.4 Å². The third kappa shape index (κ3) is 4.52. The molecule has 4 rings (SSSR count). The van der Waals surface area contributed by atoms with Crippen molar-refractivity contribution in [1.82, 2.24) is 19.7 Å². The number of aromatic nitrogens is 4. The summed E-state index contributed by atoms with van der Waals surface area (Å²) in [7, 11) is 1.88. The third-order valence-corrected chi connectivity index (χ3v) is 6.37. The largest absolute Gasteiger partial charge is 0.486 e. The van der Waals surface area contributed by atoms with Crippen molar-refractivity contribution in [2.45, 2.75) is 31.4 Å². The van der Waals surface area contributed by atoms with Crippen LogP contribution in [0.25, 0.3) is 10.9 Å². The van der Waals surface area contributed by atoms with Crippen LogP contribution in [0.5, 0.6) is 5.75 Å². The SMILES string of the molecule is Cc1ccc(OCc2nnc(SCc3cc(=O)c4cc(C(N)=O)ccc4[nH]3)n2C)cc1C. The summed E-state index contributed by atoms with van der Waals surface area (Å²) in [5.41, 5.74) is 9.23. The van der Waals surface area contributed by atoms with Crippen molar-refractivity contribution < 1.29 is 9.53 Å². The van der Waals surface area contributed by atoms with Gasteiger partial charge in [-0.2, -0.15) is 0 Å². The monoisotopic (exact) mass is 449 g/mol. The maximum Gasteiger partial charge on any atom is 0.248 e. The Hall–Kier alpha value is -3.59. The van der Waals surface area contributed by atoms with E-state index in [0.29, 0.717) is 39.8 Å². The first-order valence-electron chi connectivity index (χ1n) is 9.98. The Labute approximate surface area is 188 Å². The summed E-state index contributed by atoms with van der Waals surface area (Å²) < 4.78 is 7.74. The number of hydrogen-bond acceptors (Lipinski definition) is 6. The molecule has 0 fully saturated rings. The predicted octanol–water partition coefficient (Wildman–Crippen LogP) is 3.24. The summed E-state index contributed by atoms with van der Waals surface area (Å²) in [6, 6.07) is 12.3. The van der Waals surface area contributed by atoms with Crippen LogP contribution in [0.4, 0.5) is 0 Å². The second-order valence-electron chi connectivity index (χ2n) is 7.56. The van der Waals surface area contributed by atoms with Gasteiger partial charge in [0.15, 0.2) is 16.4 Å². The summed E-state index contributed by atoms with van der Waals surface area (Å²) >= 11 is 1.46. The second-order valence-corrected chi connectivity index (χ2v) is 8.51. The van der Waals surface area contributed by atoms with Crippen LogP contribution in [0, 0.1) is 13.8 Å². The van der Waals surface area contributed by atoms with E-state index in [1.807, 2.05) is 36.7 Å². The van der Waals surface area contributed by atoms with Gasteiger partial charge in [-0.05, 0) is 55.3 Å². The minimum atomic E-state index is -0.564. The number of nitrogens with one attached hydrogen (secondary N) is 1. The van der Waals surface area contributed by atoms with Gasteiger partial charge in [-0.1, -0.05) is 17.8 Å². The van der Waals surface area contributed by atoms with Crippen molar-refractivity contribution in [3.8, 4) is 5.75 Å². The summed E-state index contributed by atoms with van der Waals surface area (Å²) in [5.74, 6) is 1.44. The average molecular weight is 450 g/mol. The van der Waals surface area contributed by atoms with Crippen LogP contribution in [0.1, 0.15) is 33.0 Å². The number of nitrogens with two attached hydrogens (primary N) is 1.